The van der Waals surface area contributed by atoms with Crippen LogP contribution in [0.25, 0.3) is 0 Å². The van der Waals surface area contributed by atoms with Crippen molar-refractivity contribution < 1.29 is 24.3 Å². The molecular weight excluding hydrogens is 406 g/mol. The number of carbonyl (C=O) groups excluding carboxylic acids is 3. The van der Waals surface area contributed by atoms with Gasteiger partial charge in [-0.2, -0.15) is 11.8 Å². The number of nitrogens with one attached hydrogen (secondary N) is 3. The van der Waals surface area contributed by atoms with Gasteiger partial charge in [-0.3, -0.25) is 19.2 Å². The molecule has 0 fully saturated rings. The molecule has 0 aromatic heterocycles. The molecule has 0 aliphatic carbocycles. The zero-order valence-electron chi connectivity index (χ0n) is 19.2. The molecule has 9 heteroatoms. The van der Waals surface area contributed by atoms with Gasteiger partial charge in [0.1, 0.15) is 6.04 Å². The summed E-state index contributed by atoms with van der Waals surface area (Å²) in [4.78, 5) is 47.2. The summed E-state index contributed by atoms with van der Waals surface area (Å²) in [6, 6.07) is -0.911. The summed E-state index contributed by atoms with van der Waals surface area (Å²) in [6.45, 7) is 12.7. The number of hydrogen-bond donors (Lipinski definition) is 4. The van der Waals surface area contributed by atoms with E-state index >= 15 is 0 Å². The summed E-state index contributed by atoms with van der Waals surface area (Å²) in [5.74, 6) is -0.296. The molecule has 30 heavy (non-hydrogen) atoms. The normalized spacial score (nSPS) is 12.7. The van der Waals surface area contributed by atoms with Gasteiger partial charge < -0.3 is 21.1 Å². The summed E-state index contributed by atoms with van der Waals surface area (Å²) in [5.41, 5.74) is 0.0536. The van der Waals surface area contributed by atoms with Crippen molar-refractivity contribution in [2.45, 2.75) is 73.3 Å². The monoisotopic (exact) mass is 445 g/mol. The van der Waals surface area contributed by atoms with Crippen molar-refractivity contribution in [2.75, 3.05) is 24.6 Å². The minimum absolute atomic E-state index is 0.0123. The average Bonchev–Trinajstić information content (AvgIpc) is 2.56. The van der Waals surface area contributed by atoms with Crippen LogP contribution in [0.2, 0.25) is 0 Å². The number of rotatable bonds is 13. The van der Waals surface area contributed by atoms with E-state index in [0.29, 0.717) is 12.2 Å². The fraction of sp³-hybridized carbons (Fsp3) is 0.810. The number of hydrogen-bond acceptors (Lipinski definition) is 5. The van der Waals surface area contributed by atoms with Gasteiger partial charge in [0.05, 0.1) is 0 Å². The third kappa shape index (κ3) is 17.1. The van der Waals surface area contributed by atoms with Gasteiger partial charge in [0.15, 0.2) is 0 Å². The van der Waals surface area contributed by atoms with Gasteiger partial charge in [-0.15, -0.1) is 0 Å². The highest BCUT2D eigenvalue weighted by molar-refractivity contribution is 7.99. The molecule has 0 saturated carbocycles. The zero-order valence-corrected chi connectivity index (χ0v) is 20.0. The van der Waals surface area contributed by atoms with Gasteiger partial charge in [0, 0.05) is 38.1 Å². The van der Waals surface area contributed by atoms with Gasteiger partial charge in [-0.25, -0.2) is 0 Å². The van der Waals surface area contributed by atoms with Crippen LogP contribution >= 0.6 is 11.8 Å². The molecule has 0 bridgehead atoms. The van der Waals surface area contributed by atoms with Crippen LogP contribution < -0.4 is 16.0 Å². The van der Waals surface area contributed by atoms with Gasteiger partial charge >= 0.3 is 5.97 Å². The first kappa shape index (κ1) is 28.2. The van der Waals surface area contributed by atoms with Crippen molar-refractivity contribution in [1.29, 1.82) is 0 Å². The maximum Gasteiger partial charge on any atom is 0.303 e. The van der Waals surface area contributed by atoms with Gasteiger partial charge in [-0.1, -0.05) is 41.5 Å². The van der Waals surface area contributed by atoms with Crippen LogP contribution in [-0.2, 0) is 19.2 Å². The SMILES string of the molecule is CC(C)(C)CSCCC(=O)N[C@@H](CCC(=O)O)C(=O)NCCNC(=O)CC(C)(C)C. The Labute approximate surface area is 184 Å². The lowest BCUT2D eigenvalue weighted by Crippen LogP contribution is -2.48. The highest BCUT2D eigenvalue weighted by Crippen LogP contribution is 2.20. The third-order valence-electron chi connectivity index (χ3n) is 3.74. The minimum atomic E-state index is -1.03. The molecule has 0 saturated heterocycles. The second kappa shape index (κ2) is 13.5. The molecule has 0 rings (SSSR count). The topological polar surface area (TPSA) is 125 Å². The number of thioether (sulfide) groups is 1. The predicted octanol–water partition coefficient (Wildman–Crippen LogP) is 2.17. The van der Waals surface area contributed by atoms with E-state index in [1.54, 1.807) is 11.8 Å². The van der Waals surface area contributed by atoms with E-state index in [1.165, 1.54) is 0 Å². The molecule has 8 nitrogen and oxygen atoms in total. The number of aliphatic carboxylic acids is 1. The number of carbonyl (C=O) groups is 4. The lowest BCUT2D eigenvalue weighted by molar-refractivity contribution is -0.138. The first-order valence-corrected chi connectivity index (χ1v) is 11.5. The quantitative estimate of drug-likeness (QED) is 0.322. The van der Waals surface area contributed by atoms with Crippen LogP contribution in [0, 0.1) is 10.8 Å². The van der Waals surface area contributed by atoms with E-state index in [4.69, 9.17) is 5.11 Å². The maximum atomic E-state index is 12.4. The van der Waals surface area contributed by atoms with E-state index in [0.717, 1.165) is 5.75 Å². The second-order valence-electron chi connectivity index (χ2n) is 9.79. The summed E-state index contributed by atoms with van der Waals surface area (Å²) in [6.07, 6.45) is 0.434. The Morgan fingerprint density at radius 2 is 1.47 bits per heavy atom. The predicted molar refractivity (Wildman–Crippen MR) is 120 cm³/mol. The maximum absolute atomic E-state index is 12.4. The first-order chi connectivity index (χ1) is 13.7. The molecule has 174 valence electrons. The summed E-state index contributed by atoms with van der Waals surface area (Å²) in [7, 11) is 0. The summed E-state index contributed by atoms with van der Waals surface area (Å²) in [5, 5.41) is 16.9. The molecule has 0 radical (unpaired) electrons. The van der Waals surface area contributed by atoms with Crippen LogP contribution in [0.1, 0.15) is 67.2 Å². The number of carboxylic acid groups (broad SMARTS) is 1. The molecule has 0 spiro atoms. The number of amides is 3. The van der Waals surface area contributed by atoms with Crippen molar-refractivity contribution in [3.63, 3.8) is 0 Å². The Hall–Kier alpha value is -1.77. The molecule has 0 aromatic carbocycles. The molecule has 0 unspecified atom stereocenters. The van der Waals surface area contributed by atoms with E-state index in [2.05, 4.69) is 36.7 Å². The molecule has 0 aliphatic rings. The van der Waals surface area contributed by atoms with E-state index in [1.807, 2.05) is 20.8 Å². The van der Waals surface area contributed by atoms with Gasteiger partial charge in [0.2, 0.25) is 17.7 Å². The Kier molecular flexibility index (Phi) is 12.7. The van der Waals surface area contributed by atoms with Crippen LogP contribution in [-0.4, -0.2) is 59.4 Å². The number of carboxylic acids is 1. The standard InChI is InChI=1S/C21H39N3O5S/c1-20(2,3)13-17(26)22-10-11-23-19(29)15(7-8-18(27)28)24-16(25)9-12-30-14-21(4,5)6/h15H,7-14H2,1-6H3,(H,22,26)(H,23,29)(H,24,25)(H,27,28)/t15-/m0/s1. The first-order valence-electron chi connectivity index (χ1n) is 10.3. The molecule has 0 aromatic rings. The van der Waals surface area contributed by atoms with Crippen LogP contribution in [0.3, 0.4) is 0 Å². The van der Waals surface area contributed by atoms with Crippen molar-refractivity contribution in [3.05, 3.63) is 0 Å². The van der Waals surface area contributed by atoms with Crippen molar-refractivity contribution in [1.82, 2.24) is 16.0 Å². The zero-order chi connectivity index (χ0) is 23.4. The second-order valence-corrected chi connectivity index (χ2v) is 10.9. The average molecular weight is 446 g/mol. The molecule has 3 amide bonds. The lowest BCUT2D eigenvalue weighted by atomic mass is 9.92. The van der Waals surface area contributed by atoms with E-state index < -0.39 is 17.9 Å². The highest BCUT2D eigenvalue weighted by atomic mass is 32.2. The largest absolute Gasteiger partial charge is 0.481 e. The Morgan fingerprint density at radius 3 is 2.00 bits per heavy atom. The molecule has 4 N–H and O–H groups in total. The van der Waals surface area contributed by atoms with Crippen molar-refractivity contribution in [2.24, 2.45) is 10.8 Å². The smallest absolute Gasteiger partial charge is 0.303 e. The van der Waals surface area contributed by atoms with Gasteiger partial charge in [0.25, 0.3) is 0 Å². The Balaban J connectivity index is 4.44. The fourth-order valence-corrected chi connectivity index (χ4v) is 3.49. The van der Waals surface area contributed by atoms with Crippen molar-refractivity contribution in [3.8, 4) is 0 Å². The van der Waals surface area contributed by atoms with E-state index in [-0.39, 0.29) is 55.0 Å². The fourth-order valence-electron chi connectivity index (χ4n) is 2.40. The lowest BCUT2D eigenvalue weighted by Gasteiger charge is -2.20. The minimum Gasteiger partial charge on any atom is -0.481 e. The van der Waals surface area contributed by atoms with Crippen LogP contribution in [0.5, 0.6) is 0 Å². The molecular formula is C21H39N3O5S. The molecule has 0 heterocycles. The van der Waals surface area contributed by atoms with Crippen molar-refractivity contribution >= 4 is 35.5 Å². The highest BCUT2D eigenvalue weighted by Gasteiger charge is 2.22. The molecule has 0 aliphatic heterocycles. The van der Waals surface area contributed by atoms with Gasteiger partial charge in [-0.05, 0) is 23.0 Å². The van der Waals surface area contributed by atoms with Crippen LogP contribution in [0.4, 0.5) is 0 Å². The molecule has 1 atom stereocenters. The summed E-state index contributed by atoms with van der Waals surface area (Å²) < 4.78 is 0. The third-order valence-corrected chi connectivity index (χ3v) is 5.31. The summed E-state index contributed by atoms with van der Waals surface area (Å²) >= 11 is 1.67. The van der Waals surface area contributed by atoms with Crippen LogP contribution in [0.15, 0.2) is 0 Å². The Bertz CT molecular complexity index is 582. The van der Waals surface area contributed by atoms with E-state index in [9.17, 15) is 19.2 Å². The Morgan fingerprint density at radius 1 is 0.867 bits per heavy atom.